The van der Waals surface area contributed by atoms with Gasteiger partial charge in [0.2, 0.25) is 35.4 Å². The first kappa shape index (κ1) is 61.3. The van der Waals surface area contributed by atoms with Crippen LogP contribution in [0.4, 0.5) is 0 Å². The molecule has 0 aliphatic carbocycles. The SMILES string of the molecule is C=C1C(=O)N[C@H](C)C(=O)N[C@@H](CCCN=C(N)N)C(=O)N[C@@H](C(=O)O)CC(=O)N[C@@H](CCCN=C(N)N)C(=O)N[C@@H](/C=C/C(C)=C/[C@H](C)[C@H](Cc2ccccc2)OC)[C@H](C)C(=O)N[C@@H](C(=O)O)CCC(=O)N1C. The van der Waals surface area contributed by atoms with Gasteiger partial charge in [-0.2, -0.15) is 0 Å². The molecule has 0 saturated carbocycles. The van der Waals surface area contributed by atoms with Crippen molar-refractivity contribution in [3.63, 3.8) is 0 Å². The minimum Gasteiger partial charge on any atom is -0.480 e. The van der Waals surface area contributed by atoms with Crippen LogP contribution in [0.3, 0.4) is 0 Å². The zero-order valence-electron chi connectivity index (χ0n) is 42.2. The van der Waals surface area contributed by atoms with Crippen LogP contribution >= 0.6 is 0 Å². The molecule has 2 rings (SSSR count). The van der Waals surface area contributed by atoms with Crippen LogP contribution in [-0.2, 0) is 54.3 Å². The molecule has 73 heavy (non-hydrogen) atoms. The van der Waals surface area contributed by atoms with E-state index in [9.17, 15) is 53.4 Å². The Bertz CT molecular complexity index is 2250. The highest BCUT2D eigenvalue weighted by atomic mass is 16.5. The van der Waals surface area contributed by atoms with Gasteiger partial charge in [0.1, 0.15) is 35.9 Å². The topological polar surface area (TPSA) is 408 Å². The second-order valence-electron chi connectivity index (χ2n) is 17.6. The van der Waals surface area contributed by atoms with Gasteiger partial charge in [0.25, 0.3) is 5.91 Å². The van der Waals surface area contributed by atoms with Crippen molar-refractivity contribution in [1.29, 1.82) is 0 Å². The van der Waals surface area contributed by atoms with Gasteiger partial charge in [-0.15, -0.1) is 0 Å². The van der Waals surface area contributed by atoms with Crippen molar-refractivity contribution in [2.24, 2.45) is 44.8 Å². The van der Waals surface area contributed by atoms with Crippen LogP contribution in [0.1, 0.15) is 78.2 Å². The molecular formula is C48H73N13O12. The van der Waals surface area contributed by atoms with Crippen LogP contribution in [0.15, 0.2) is 76.4 Å². The molecule has 1 aromatic rings. The minimum absolute atomic E-state index is 0.00175. The lowest BCUT2D eigenvalue weighted by atomic mass is 9.94. The molecule has 0 radical (unpaired) electrons. The molecule has 0 spiro atoms. The number of likely N-dealkylation sites (N-methyl/N-ethyl adjacent to an activating group) is 1. The third-order valence-electron chi connectivity index (χ3n) is 11.7. The fourth-order valence-electron chi connectivity index (χ4n) is 7.33. The monoisotopic (exact) mass is 1020 g/mol. The molecule has 25 nitrogen and oxygen atoms in total. The standard InChI is InChI=1S/C48H73N13O12/c1-26(23-27(2)37(73-7)24-31-13-9-8-10-14-31)17-18-32-28(3)40(64)59-35(45(69)70)19-20-39(63)61(6)30(5)42(66)55-29(4)41(65)58-34(16-12-22-54-48(51)52)44(68)60-36(46(71)72)25-38(62)56-33(43(67)57-32)15-11-21-53-47(49)50/h8-10,13-14,17-18,23,27-29,32-37H,5,11-12,15-16,19-22,24-25H2,1-4,6-7H3,(H,55,66)(H,56,62)(H,57,67)(H,58,65)(H,59,64)(H,60,68)(H,69,70)(H,71,72)(H4,49,50,53)(H4,51,52,54)/b18-17+,26-23+/t27-,28-,29+,32-,33-,34-,35+,36+,37-/m0/s1. The third kappa shape index (κ3) is 22.0. The molecule has 1 fully saturated rings. The van der Waals surface area contributed by atoms with Crippen LogP contribution in [0, 0.1) is 11.8 Å². The molecule has 7 amide bonds. The van der Waals surface area contributed by atoms with Gasteiger partial charge in [0.15, 0.2) is 11.9 Å². The summed E-state index contributed by atoms with van der Waals surface area (Å²) in [5.41, 5.74) is 23.1. The summed E-state index contributed by atoms with van der Waals surface area (Å²) in [7, 11) is 2.79. The predicted molar refractivity (Wildman–Crippen MR) is 270 cm³/mol. The Morgan fingerprint density at radius 1 is 0.808 bits per heavy atom. The Kier molecular flexibility index (Phi) is 25.9. The number of carbonyl (C=O) groups is 9. The van der Waals surface area contributed by atoms with Crippen molar-refractivity contribution < 1.29 is 58.1 Å². The van der Waals surface area contributed by atoms with Gasteiger partial charge in [-0.05, 0) is 57.9 Å². The lowest BCUT2D eigenvalue weighted by Gasteiger charge is -2.27. The highest BCUT2D eigenvalue weighted by Gasteiger charge is 2.34. The summed E-state index contributed by atoms with van der Waals surface area (Å²) in [6.45, 7) is 10.1. The number of carbonyl (C=O) groups excluding carboxylic acids is 7. The van der Waals surface area contributed by atoms with Crippen molar-refractivity contribution in [3.05, 3.63) is 72.0 Å². The number of rotatable bonds is 17. The molecule has 9 atom stereocenters. The van der Waals surface area contributed by atoms with E-state index in [1.54, 1.807) is 20.1 Å². The number of nitrogens with zero attached hydrogens (tertiary/aromatic N) is 3. The Hall–Kier alpha value is -7.83. The number of carboxylic acid groups (broad SMARTS) is 2. The number of carboxylic acids is 2. The number of guanidine groups is 2. The molecule has 0 aromatic heterocycles. The summed E-state index contributed by atoms with van der Waals surface area (Å²) in [6.07, 6.45) is 3.51. The van der Waals surface area contributed by atoms with Gasteiger partial charge in [-0.1, -0.05) is 74.6 Å². The first-order valence-electron chi connectivity index (χ1n) is 23.6. The summed E-state index contributed by atoms with van der Waals surface area (Å²) >= 11 is 0. The van der Waals surface area contributed by atoms with Crippen molar-refractivity contribution in [1.82, 2.24) is 36.8 Å². The Morgan fingerprint density at radius 2 is 1.36 bits per heavy atom. The van der Waals surface area contributed by atoms with Crippen LogP contribution in [0.25, 0.3) is 0 Å². The maximum atomic E-state index is 14.3. The number of aliphatic carboxylic acids is 2. The van der Waals surface area contributed by atoms with E-state index in [0.717, 1.165) is 10.5 Å². The number of methoxy groups -OCH3 is 1. The Morgan fingerprint density at radius 3 is 1.90 bits per heavy atom. The highest BCUT2D eigenvalue weighted by molar-refractivity contribution is 6.00. The van der Waals surface area contributed by atoms with E-state index in [0.29, 0.717) is 12.0 Å². The molecular weight excluding hydrogens is 951 g/mol. The van der Waals surface area contributed by atoms with E-state index in [1.807, 2.05) is 43.3 Å². The largest absolute Gasteiger partial charge is 0.480 e. The normalized spacial score (nSPS) is 23.7. The van der Waals surface area contributed by atoms with Crippen LogP contribution in [0.5, 0.6) is 0 Å². The molecule has 16 N–H and O–H groups in total. The van der Waals surface area contributed by atoms with Crippen molar-refractivity contribution >= 4 is 65.2 Å². The first-order chi connectivity index (χ1) is 34.3. The van der Waals surface area contributed by atoms with E-state index in [1.165, 1.54) is 27.0 Å². The number of hydrogen-bond donors (Lipinski definition) is 12. The maximum absolute atomic E-state index is 14.3. The second kappa shape index (κ2) is 30.8. The Labute approximate surface area is 424 Å². The number of amides is 7. The van der Waals surface area contributed by atoms with Crippen molar-refractivity contribution in [2.45, 2.75) is 121 Å². The smallest absolute Gasteiger partial charge is 0.326 e. The zero-order chi connectivity index (χ0) is 54.9. The van der Waals surface area contributed by atoms with Crippen LogP contribution < -0.4 is 54.8 Å². The van der Waals surface area contributed by atoms with Gasteiger partial charge >= 0.3 is 11.9 Å². The molecule has 1 aromatic carbocycles. The number of nitrogens with two attached hydrogens (primary N) is 4. The number of aliphatic imine (C=N–C) groups is 2. The summed E-state index contributed by atoms with van der Waals surface area (Å²) in [5.74, 6) is -11.5. The van der Waals surface area contributed by atoms with Crippen LogP contribution in [0.2, 0.25) is 0 Å². The average Bonchev–Trinajstić information content (AvgIpc) is 3.33. The summed E-state index contributed by atoms with van der Waals surface area (Å²) in [4.78, 5) is 129. The third-order valence-corrected chi connectivity index (χ3v) is 11.7. The highest BCUT2D eigenvalue weighted by Crippen LogP contribution is 2.18. The lowest BCUT2D eigenvalue weighted by Crippen LogP contribution is -2.56. The summed E-state index contributed by atoms with van der Waals surface area (Å²) in [6, 6.07) is 0.707. The Balaban J connectivity index is 2.70. The summed E-state index contributed by atoms with van der Waals surface area (Å²) < 4.78 is 5.81. The maximum Gasteiger partial charge on any atom is 0.326 e. The molecule has 1 saturated heterocycles. The molecule has 0 unspecified atom stereocenters. The van der Waals surface area contributed by atoms with Crippen molar-refractivity contribution in [3.8, 4) is 0 Å². The second-order valence-corrected chi connectivity index (χ2v) is 17.6. The first-order valence-corrected chi connectivity index (χ1v) is 23.6. The van der Waals surface area contributed by atoms with E-state index in [4.69, 9.17) is 27.7 Å². The molecule has 0 bridgehead atoms. The van der Waals surface area contributed by atoms with Gasteiger partial charge in [-0.3, -0.25) is 43.5 Å². The number of benzene rings is 1. The number of allylic oxidation sites excluding steroid dienone is 2. The zero-order valence-corrected chi connectivity index (χ0v) is 42.2. The lowest BCUT2D eigenvalue weighted by molar-refractivity contribution is -0.144. The fourth-order valence-corrected chi connectivity index (χ4v) is 7.33. The molecule has 1 aliphatic rings. The fraction of sp³-hybridized carbons (Fsp3) is 0.521. The van der Waals surface area contributed by atoms with E-state index in [-0.39, 0.29) is 62.7 Å². The molecule has 1 aliphatic heterocycles. The van der Waals surface area contributed by atoms with Gasteiger partial charge in [0, 0.05) is 39.6 Å². The van der Waals surface area contributed by atoms with Gasteiger partial charge in [0.05, 0.1) is 24.5 Å². The molecule has 402 valence electrons. The van der Waals surface area contributed by atoms with Gasteiger partial charge in [-0.25, -0.2) is 9.59 Å². The number of nitrogens with one attached hydrogen (secondary N) is 6. The number of ether oxygens (including phenoxy) is 1. The minimum atomic E-state index is -1.91. The molecule has 1 heterocycles. The van der Waals surface area contributed by atoms with E-state index in [2.05, 4.69) is 48.5 Å². The quantitative estimate of drug-likeness (QED) is 0.0274. The van der Waals surface area contributed by atoms with Gasteiger partial charge < -0.3 is 74.7 Å². The van der Waals surface area contributed by atoms with E-state index < -0.39 is 120 Å². The van der Waals surface area contributed by atoms with Crippen LogP contribution in [-0.4, -0.2) is 150 Å². The number of hydrogen-bond acceptors (Lipinski definition) is 12. The molecule has 25 heteroatoms. The summed E-state index contributed by atoms with van der Waals surface area (Å²) in [5, 5.41) is 35.1. The van der Waals surface area contributed by atoms with E-state index >= 15 is 0 Å². The predicted octanol–water partition coefficient (Wildman–Crippen LogP) is -1.62. The average molecular weight is 1020 g/mol. The van der Waals surface area contributed by atoms with Crippen molar-refractivity contribution in [2.75, 3.05) is 27.2 Å².